The van der Waals surface area contributed by atoms with Crippen molar-refractivity contribution < 1.29 is 0 Å². The highest BCUT2D eigenvalue weighted by molar-refractivity contribution is 7.98. The Morgan fingerprint density at radius 1 is 1.37 bits per heavy atom. The summed E-state index contributed by atoms with van der Waals surface area (Å²) in [5.41, 5.74) is 1.79. The molecule has 6 heteroatoms. The molecule has 2 aromatic heterocycles. The van der Waals surface area contributed by atoms with Gasteiger partial charge in [-0.15, -0.1) is 0 Å². The zero-order chi connectivity index (χ0) is 13.8. The number of hydrogen-bond donors (Lipinski definition) is 0. The quantitative estimate of drug-likeness (QED) is 0.793. The first-order valence-corrected chi connectivity index (χ1v) is 7.68. The Bertz CT molecular complexity index is 553. The van der Waals surface area contributed by atoms with Crippen molar-refractivity contribution in [3.63, 3.8) is 0 Å². The van der Waals surface area contributed by atoms with Crippen LogP contribution >= 0.6 is 23.4 Å². The number of nitrogens with zero attached hydrogens (tertiary/aromatic N) is 4. The highest BCUT2D eigenvalue weighted by Gasteiger charge is 2.08. The maximum atomic E-state index is 6.06. The van der Waals surface area contributed by atoms with Gasteiger partial charge in [0.1, 0.15) is 11.0 Å². The van der Waals surface area contributed by atoms with Crippen LogP contribution in [-0.4, -0.2) is 25.5 Å². The second kappa shape index (κ2) is 6.39. The van der Waals surface area contributed by atoms with Gasteiger partial charge in [0.15, 0.2) is 0 Å². The Kier molecular flexibility index (Phi) is 4.82. The van der Waals surface area contributed by atoms with Crippen LogP contribution < -0.4 is 0 Å². The Hall–Kier alpha value is -1.07. The van der Waals surface area contributed by atoms with Crippen LogP contribution in [0.5, 0.6) is 0 Å². The van der Waals surface area contributed by atoms with E-state index in [4.69, 9.17) is 11.6 Å². The van der Waals surface area contributed by atoms with E-state index < -0.39 is 0 Å². The minimum absolute atomic E-state index is 0.481. The van der Waals surface area contributed by atoms with Gasteiger partial charge >= 0.3 is 0 Å². The Labute approximate surface area is 122 Å². The van der Waals surface area contributed by atoms with Gasteiger partial charge in [-0.25, -0.2) is 9.97 Å². The van der Waals surface area contributed by atoms with Gasteiger partial charge < -0.3 is 0 Å². The lowest BCUT2D eigenvalue weighted by molar-refractivity contribution is 0.750. The molecule has 0 radical (unpaired) electrons. The minimum atomic E-state index is 0.481. The van der Waals surface area contributed by atoms with Crippen molar-refractivity contribution in [3.05, 3.63) is 29.4 Å². The summed E-state index contributed by atoms with van der Waals surface area (Å²) >= 11 is 7.89. The van der Waals surface area contributed by atoms with Crippen molar-refractivity contribution in [3.8, 4) is 11.3 Å². The third kappa shape index (κ3) is 4.21. The van der Waals surface area contributed by atoms with Gasteiger partial charge in [-0.3, -0.25) is 4.68 Å². The molecule has 0 bridgehead atoms. The molecule has 0 amide bonds. The molecule has 0 aliphatic carbocycles. The summed E-state index contributed by atoms with van der Waals surface area (Å²) in [4.78, 5) is 8.81. The van der Waals surface area contributed by atoms with E-state index in [1.54, 1.807) is 16.9 Å². The Balaban J connectivity index is 2.15. The van der Waals surface area contributed by atoms with E-state index >= 15 is 0 Å². The van der Waals surface area contributed by atoms with Gasteiger partial charge in [-0.05, 0) is 11.7 Å². The summed E-state index contributed by atoms with van der Waals surface area (Å²) in [7, 11) is 1.88. The first-order valence-electron chi connectivity index (χ1n) is 6.15. The fourth-order valence-electron chi connectivity index (χ4n) is 1.62. The predicted octanol–water partition coefficient (Wildman–Crippen LogP) is 3.42. The molecule has 2 heterocycles. The van der Waals surface area contributed by atoms with Crippen LogP contribution in [0.2, 0.25) is 5.15 Å². The molecule has 102 valence electrons. The molecule has 0 N–H and O–H groups in total. The average molecular weight is 297 g/mol. The van der Waals surface area contributed by atoms with Crippen molar-refractivity contribution in [1.29, 1.82) is 0 Å². The van der Waals surface area contributed by atoms with Crippen LogP contribution in [0, 0.1) is 5.92 Å². The molecular weight excluding hydrogens is 280 g/mol. The normalized spacial score (nSPS) is 11.2. The Morgan fingerprint density at radius 2 is 2.16 bits per heavy atom. The van der Waals surface area contributed by atoms with E-state index in [9.17, 15) is 0 Å². The van der Waals surface area contributed by atoms with E-state index in [-0.39, 0.29) is 0 Å². The fraction of sp³-hybridized carbons (Fsp3) is 0.462. The van der Waals surface area contributed by atoms with Gasteiger partial charge in [0, 0.05) is 24.9 Å². The average Bonchev–Trinajstić information content (AvgIpc) is 2.75. The van der Waals surface area contributed by atoms with Crippen molar-refractivity contribution in [1.82, 2.24) is 19.7 Å². The molecular formula is C13H17ClN4S. The summed E-state index contributed by atoms with van der Waals surface area (Å²) in [6, 6.07) is 1.77. The lowest BCUT2D eigenvalue weighted by Crippen LogP contribution is -1.98. The highest BCUT2D eigenvalue weighted by Crippen LogP contribution is 2.21. The van der Waals surface area contributed by atoms with Crippen LogP contribution in [0.3, 0.4) is 0 Å². The van der Waals surface area contributed by atoms with Crippen LogP contribution in [0.15, 0.2) is 18.5 Å². The van der Waals surface area contributed by atoms with E-state index in [0.29, 0.717) is 11.1 Å². The van der Waals surface area contributed by atoms with Crippen molar-refractivity contribution in [2.45, 2.75) is 19.6 Å². The molecule has 2 aromatic rings. The van der Waals surface area contributed by atoms with Crippen LogP contribution in [0.1, 0.15) is 19.7 Å². The molecule has 0 unspecified atom stereocenters. The topological polar surface area (TPSA) is 43.6 Å². The first kappa shape index (κ1) is 14.3. The molecule has 0 aromatic carbocycles. The van der Waals surface area contributed by atoms with E-state index in [2.05, 4.69) is 28.9 Å². The van der Waals surface area contributed by atoms with Crippen LogP contribution in [-0.2, 0) is 12.8 Å². The third-order valence-corrected chi connectivity index (χ3v) is 3.98. The van der Waals surface area contributed by atoms with E-state index in [1.165, 1.54) is 0 Å². The summed E-state index contributed by atoms with van der Waals surface area (Å²) in [5.74, 6) is 3.32. The molecule has 0 aliphatic rings. The van der Waals surface area contributed by atoms with Gasteiger partial charge in [-0.1, -0.05) is 25.4 Å². The van der Waals surface area contributed by atoms with Gasteiger partial charge in [0.05, 0.1) is 17.6 Å². The third-order valence-electron chi connectivity index (χ3n) is 2.42. The second-order valence-corrected chi connectivity index (χ2v) is 6.22. The SMILES string of the molecule is CC(C)CSCc1nc(Cl)cc(-c2cnn(C)c2)n1. The molecule has 0 saturated carbocycles. The molecule has 0 aliphatic heterocycles. The van der Waals surface area contributed by atoms with E-state index in [0.717, 1.165) is 28.6 Å². The summed E-state index contributed by atoms with van der Waals surface area (Å²) in [6.07, 6.45) is 3.70. The molecule has 0 saturated heterocycles. The molecule has 0 atom stereocenters. The zero-order valence-electron chi connectivity index (χ0n) is 11.3. The zero-order valence-corrected chi connectivity index (χ0v) is 12.9. The summed E-state index contributed by atoms with van der Waals surface area (Å²) in [5, 5.41) is 4.63. The monoisotopic (exact) mass is 296 g/mol. The molecule has 4 nitrogen and oxygen atoms in total. The number of aromatic nitrogens is 4. The fourth-order valence-corrected chi connectivity index (χ4v) is 2.72. The molecule has 2 rings (SSSR count). The maximum absolute atomic E-state index is 6.06. The van der Waals surface area contributed by atoms with Crippen LogP contribution in [0.25, 0.3) is 11.3 Å². The largest absolute Gasteiger partial charge is 0.275 e. The van der Waals surface area contributed by atoms with E-state index in [1.807, 2.05) is 25.0 Å². The number of aryl methyl sites for hydroxylation is 1. The smallest absolute Gasteiger partial charge is 0.140 e. The lowest BCUT2D eigenvalue weighted by Gasteiger charge is -2.05. The summed E-state index contributed by atoms with van der Waals surface area (Å²) in [6.45, 7) is 4.40. The van der Waals surface area contributed by atoms with Gasteiger partial charge in [-0.2, -0.15) is 16.9 Å². The first-order chi connectivity index (χ1) is 9.04. The number of halogens is 1. The van der Waals surface area contributed by atoms with Gasteiger partial charge in [0.25, 0.3) is 0 Å². The van der Waals surface area contributed by atoms with Crippen molar-refractivity contribution in [2.75, 3.05) is 5.75 Å². The second-order valence-electron chi connectivity index (χ2n) is 4.80. The number of rotatable bonds is 5. The highest BCUT2D eigenvalue weighted by atomic mass is 35.5. The molecule has 0 fully saturated rings. The van der Waals surface area contributed by atoms with Gasteiger partial charge in [0.2, 0.25) is 0 Å². The maximum Gasteiger partial charge on any atom is 0.140 e. The molecule has 19 heavy (non-hydrogen) atoms. The minimum Gasteiger partial charge on any atom is -0.275 e. The predicted molar refractivity (Wildman–Crippen MR) is 80.2 cm³/mol. The lowest BCUT2D eigenvalue weighted by atomic mass is 10.2. The standard InChI is InChI=1S/C13H17ClN4S/c1-9(2)7-19-8-13-16-11(4-12(14)17-13)10-5-15-18(3)6-10/h4-6,9H,7-8H2,1-3H3. The Morgan fingerprint density at radius 3 is 2.79 bits per heavy atom. The summed E-state index contributed by atoms with van der Waals surface area (Å²) < 4.78 is 1.75. The number of hydrogen-bond acceptors (Lipinski definition) is 4. The number of thioether (sulfide) groups is 1. The van der Waals surface area contributed by atoms with Crippen molar-refractivity contribution in [2.24, 2.45) is 13.0 Å². The van der Waals surface area contributed by atoms with Crippen molar-refractivity contribution >= 4 is 23.4 Å². The molecule has 0 spiro atoms. The van der Waals surface area contributed by atoms with Crippen LogP contribution in [0.4, 0.5) is 0 Å².